The quantitative estimate of drug-likeness (QED) is 0.799. The highest BCUT2D eigenvalue weighted by Gasteiger charge is 2.51. The lowest BCUT2D eigenvalue weighted by Gasteiger charge is -2.32. The Kier molecular flexibility index (Phi) is 4.42. The Hall–Kier alpha value is -1.11. The highest BCUT2D eigenvalue weighted by Crippen LogP contribution is 2.36. The Morgan fingerprint density at radius 3 is 2.52 bits per heavy atom. The van der Waals surface area contributed by atoms with Gasteiger partial charge in [-0.25, -0.2) is 4.39 Å². The van der Waals surface area contributed by atoms with Gasteiger partial charge in [0.1, 0.15) is 0 Å². The second-order valence-electron chi connectivity index (χ2n) is 7.32. The van der Waals surface area contributed by atoms with Crippen LogP contribution in [0, 0.1) is 11.7 Å². The van der Waals surface area contributed by atoms with Crippen molar-refractivity contribution in [1.82, 2.24) is 0 Å². The van der Waals surface area contributed by atoms with Crippen molar-refractivity contribution in [2.45, 2.75) is 45.3 Å². The second kappa shape index (κ2) is 6.08. The van der Waals surface area contributed by atoms with Crippen LogP contribution < -0.4 is 10.2 Å². The molecule has 23 heavy (non-hydrogen) atoms. The number of hydrogen-bond acceptors (Lipinski definition) is 4. The first-order valence-electron chi connectivity index (χ1n) is 8.14. The van der Waals surface area contributed by atoms with Crippen molar-refractivity contribution in [3.63, 3.8) is 0 Å². The van der Waals surface area contributed by atoms with E-state index in [0.717, 1.165) is 18.5 Å². The predicted molar refractivity (Wildman–Crippen MR) is 86.5 cm³/mol. The molecular weight excluding hydrogens is 298 g/mol. The van der Waals surface area contributed by atoms with Gasteiger partial charge in [-0.3, -0.25) is 0 Å². The molecule has 3 rings (SSSR count). The summed E-state index contributed by atoms with van der Waals surface area (Å²) in [7, 11) is -0.516. The zero-order valence-electron chi connectivity index (χ0n) is 14.2. The average molecular weight is 322 g/mol. The molecule has 1 atom stereocenters. The van der Waals surface area contributed by atoms with Gasteiger partial charge in [-0.15, -0.1) is 0 Å². The molecule has 0 amide bonds. The zero-order valence-corrected chi connectivity index (χ0v) is 14.2. The van der Waals surface area contributed by atoms with Crippen LogP contribution in [0.2, 0.25) is 0 Å². The average Bonchev–Trinajstić information content (AvgIpc) is 3.05. The fourth-order valence-corrected chi connectivity index (χ4v) is 2.68. The van der Waals surface area contributed by atoms with Crippen molar-refractivity contribution in [2.24, 2.45) is 5.92 Å². The first-order chi connectivity index (χ1) is 10.8. The molecule has 2 heterocycles. The molecule has 0 aromatic heterocycles. The molecule has 1 unspecified atom stereocenters. The molecule has 0 N–H and O–H groups in total. The topological polar surface area (TPSA) is 36.9 Å². The van der Waals surface area contributed by atoms with E-state index in [-0.39, 0.29) is 11.6 Å². The maximum atomic E-state index is 14.0. The van der Waals surface area contributed by atoms with Gasteiger partial charge >= 0.3 is 7.12 Å². The smallest absolute Gasteiger partial charge is 0.490 e. The van der Waals surface area contributed by atoms with Crippen molar-refractivity contribution < 1.29 is 23.2 Å². The Morgan fingerprint density at radius 2 is 1.91 bits per heavy atom. The molecule has 0 radical (unpaired) electrons. The maximum absolute atomic E-state index is 14.0. The molecule has 4 nitrogen and oxygen atoms in total. The predicted octanol–water partition coefficient (Wildman–Crippen LogP) is 2.54. The van der Waals surface area contributed by atoms with E-state index in [9.17, 15) is 4.39 Å². The minimum Gasteiger partial charge on any atom is -0.490 e. The SMILES string of the molecule is CC1(C)OB(c2ccc(F)c(OCC3CCOC3)c2)OC1(C)C. The largest absolute Gasteiger partial charge is 0.494 e. The lowest BCUT2D eigenvalue weighted by Crippen LogP contribution is -2.41. The molecule has 2 aliphatic rings. The Balaban J connectivity index is 1.72. The van der Waals surface area contributed by atoms with E-state index in [0.29, 0.717) is 19.1 Å². The van der Waals surface area contributed by atoms with Gasteiger partial charge in [-0.05, 0) is 51.7 Å². The van der Waals surface area contributed by atoms with Crippen LogP contribution in [0.1, 0.15) is 34.1 Å². The van der Waals surface area contributed by atoms with Crippen molar-refractivity contribution in [3.8, 4) is 5.75 Å². The van der Waals surface area contributed by atoms with E-state index in [1.807, 2.05) is 27.7 Å². The lowest BCUT2D eigenvalue weighted by molar-refractivity contribution is 0.00578. The number of hydrogen-bond donors (Lipinski definition) is 0. The van der Waals surface area contributed by atoms with Gasteiger partial charge in [0.15, 0.2) is 11.6 Å². The molecule has 0 aliphatic carbocycles. The second-order valence-corrected chi connectivity index (χ2v) is 7.32. The summed E-state index contributed by atoms with van der Waals surface area (Å²) in [6.07, 6.45) is 0.957. The van der Waals surface area contributed by atoms with Crippen molar-refractivity contribution in [3.05, 3.63) is 24.0 Å². The number of rotatable bonds is 4. The van der Waals surface area contributed by atoms with E-state index in [4.69, 9.17) is 18.8 Å². The molecule has 0 saturated carbocycles. The number of benzene rings is 1. The summed E-state index contributed by atoms with van der Waals surface area (Å²) in [5.74, 6) is 0.197. The van der Waals surface area contributed by atoms with E-state index in [1.165, 1.54) is 6.07 Å². The Morgan fingerprint density at radius 1 is 1.22 bits per heavy atom. The van der Waals surface area contributed by atoms with Crippen molar-refractivity contribution >= 4 is 12.6 Å². The van der Waals surface area contributed by atoms with Gasteiger partial charge in [0.2, 0.25) is 0 Å². The molecule has 1 aromatic rings. The summed E-state index contributed by atoms with van der Waals surface area (Å²) in [6, 6.07) is 4.76. The third-order valence-corrected chi connectivity index (χ3v) is 4.98. The molecular formula is C17H24BFO4. The zero-order chi connectivity index (χ0) is 16.7. The van der Waals surface area contributed by atoms with E-state index < -0.39 is 18.3 Å². The van der Waals surface area contributed by atoms with E-state index in [1.54, 1.807) is 12.1 Å². The molecule has 126 valence electrons. The molecule has 2 saturated heterocycles. The standard InChI is InChI=1S/C17H24BFO4/c1-16(2)17(3,4)23-18(22-16)13-5-6-14(19)15(9-13)21-11-12-7-8-20-10-12/h5-6,9,12H,7-8,10-11H2,1-4H3. The maximum Gasteiger partial charge on any atom is 0.494 e. The fourth-order valence-electron chi connectivity index (χ4n) is 2.68. The first-order valence-corrected chi connectivity index (χ1v) is 8.14. The van der Waals surface area contributed by atoms with Gasteiger partial charge in [0.25, 0.3) is 0 Å². The van der Waals surface area contributed by atoms with Crippen LogP contribution in [-0.4, -0.2) is 38.1 Å². The van der Waals surface area contributed by atoms with Crippen molar-refractivity contribution in [1.29, 1.82) is 0 Å². The van der Waals surface area contributed by atoms with Crippen LogP contribution in [0.25, 0.3) is 0 Å². The van der Waals surface area contributed by atoms with Gasteiger partial charge in [0.05, 0.1) is 24.4 Å². The summed E-state index contributed by atoms with van der Waals surface area (Å²) in [5.41, 5.74) is -0.0783. The van der Waals surface area contributed by atoms with Gasteiger partial charge in [-0.2, -0.15) is 0 Å². The van der Waals surface area contributed by atoms with Gasteiger partial charge in [-0.1, -0.05) is 6.07 Å². The van der Waals surface area contributed by atoms with Crippen LogP contribution in [0.15, 0.2) is 18.2 Å². The minimum absolute atomic E-state index is 0.240. The third-order valence-electron chi connectivity index (χ3n) is 4.98. The molecule has 2 fully saturated rings. The minimum atomic E-state index is -0.516. The number of halogens is 1. The summed E-state index contributed by atoms with van der Waals surface area (Å²) < 4.78 is 37.0. The number of ether oxygens (including phenoxy) is 2. The van der Waals surface area contributed by atoms with Crippen LogP contribution in [-0.2, 0) is 14.0 Å². The highest BCUT2D eigenvalue weighted by atomic mass is 19.1. The molecule has 6 heteroatoms. The first kappa shape index (κ1) is 16.7. The van der Waals surface area contributed by atoms with E-state index >= 15 is 0 Å². The molecule has 2 aliphatic heterocycles. The van der Waals surface area contributed by atoms with E-state index in [2.05, 4.69) is 0 Å². The fraction of sp³-hybridized carbons (Fsp3) is 0.647. The van der Waals surface area contributed by atoms with Gasteiger partial charge in [0, 0.05) is 12.5 Å². The molecule has 0 spiro atoms. The van der Waals surface area contributed by atoms with Crippen LogP contribution in [0.3, 0.4) is 0 Å². The third kappa shape index (κ3) is 3.39. The normalized spacial score (nSPS) is 25.8. The van der Waals surface area contributed by atoms with Crippen molar-refractivity contribution in [2.75, 3.05) is 19.8 Å². The van der Waals surface area contributed by atoms with Gasteiger partial charge < -0.3 is 18.8 Å². The Bertz CT molecular complexity index is 554. The summed E-state index contributed by atoms with van der Waals surface area (Å²) >= 11 is 0. The summed E-state index contributed by atoms with van der Waals surface area (Å²) in [4.78, 5) is 0. The molecule has 1 aromatic carbocycles. The van der Waals surface area contributed by atoms with Crippen LogP contribution >= 0.6 is 0 Å². The van der Waals surface area contributed by atoms with Crippen LogP contribution in [0.5, 0.6) is 5.75 Å². The summed E-state index contributed by atoms with van der Waals surface area (Å²) in [5, 5.41) is 0. The highest BCUT2D eigenvalue weighted by molar-refractivity contribution is 6.62. The lowest BCUT2D eigenvalue weighted by atomic mass is 9.79. The van der Waals surface area contributed by atoms with Crippen LogP contribution in [0.4, 0.5) is 4.39 Å². The summed E-state index contributed by atoms with van der Waals surface area (Å²) in [6.45, 7) is 9.87. The Labute approximate surface area is 137 Å². The molecule has 0 bridgehead atoms. The monoisotopic (exact) mass is 322 g/mol.